The number of ether oxygens (including phenoxy) is 1. The van der Waals surface area contributed by atoms with Crippen molar-refractivity contribution in [3.63, 3.8) is 0 Å². The number of aliphatic hydroxyl groups is 1. The summed E-state index contributed by atoms with van der Waals surface area (Å²) in [5.41, 5.74) is -0.367. The smallest absolute Gasteiger partial charge is 0.417 e. The van der Waals surface area contributed by atoms with Crippen LogP contribution in [-0.2, 0) is 12.8 Å². The Morgan fingerprint density at radius 2 is 1.90 bits per heavy atom. The van der Waals surface area contributed by atoms with Gasteiger partial charge in [-0.05, 0) is 23.3 Å². The number of rotatable bonds is 3. The molecule has 0 atom stereocenters. The van der Waals surface area contributed by atoms with Crippen molar-refractivity contribution in [3.05, 3.63) is 47.7 Å². The highest BCUT2D eigenvalue weighted by Crippen LogP contribution is 2.40. The van der Waals surface area contributed by atoms with E-state index in [9.17, 15) is 18.3 Å². The van der Waals surface area contributed by atoms with Gasteiger partial charge in [0.15, 0.2) is 0 Å². The van der Waals surface area contributed by atoms with Gasteiger partial charge in [0.1, 0.15) is 0 Å². The fourth-order valence-corrected chi connectivity index (χ4v) is 2.00. The Morgan fingerprint density at radius 3 is 2.50 bits per heavy atom. The van der Waals surface area contributed by atoms with Crippen molar-refractivity contribution in [2.24, 2.45) is 0 Å². The quantitative estimate of drug-likeness (QED) is 0.940. The Bertz CT molecular complexity index is 589. The molecule has 106 valence electrons. The number of pyridine rings is 1. The number of aromatic nitrogens is 1. The topological polar surface area (TPSA) is 42.4 Å². The number of hydrogen-bond acceptors (Lipinski definition) is 3. The lowest BCUT2D eigenvalue weighted by Gasteiger charge is -2.16. The monoisotopic (exact) mass is 283 g/mol. The van der Waals surface area contributed by atoms with Crippen molar-refractivity contribution in [3.8, 4) is 17.0 Å². The lowest BCUT2D eigenvalue weighted by Crippen LogP contribution is -2.08. The first kappa shape index (κ1) is 14.3. The average molecular weight is 283 g/mol. The molecule has 1 heterocycles. The van der Waals surface area contributed by atoms with Gasteiger partial charge in [-0.15, -0.1) is 0 Å². The summed E-state index contributed by atoms with van der Waals surface area (Å²) >= 11 is 0. The molecule has 3 nitrogen and oxygen atoms in total. The SMILES string of the molecule is COc1nccc(CO)c1-c1ccccc1C(F)(F)F. The van der Waals surface area contributed by atoms with Crippen molar-refractivity contribution in [1.29, 1.82) is 0 Å². The molecule has 0 bridgehead atoms. The van der Waals surface area contributed by atoms with E-state index in [1.165, 1.54) is 37.6 Å². The fourth-order valence-electron chi connectivity index (χ4n) is 2.00. The summed E-state index contributed by atoms with van der Waals surface area (Å²) in [5.74, 6) is 0.0493. The summed E-state index contributed by atoms with van der Waals surface area (Å²) in [6.07, 6.45) is -3.12. The van der Waals surface area contributed by atoms with Gasteiger partial charge in [-0.2, -0.15) is 13.2 Å². The van der Waals surface area contributed by atoms with Gasteiger partial charge in [-0.25, -0.2) is 4.98 Å². The second-order valence-electron chi connectivity index (χ2n) is 4.06. The van der Waals surface area contributed by atoms with Gasteiger partial charge in [0.25, 0.3) is 0 Å². The summed E-state index contributed by atoms with van der Waals surface area (Å²) in [5, 5.41) is 9.33. The fraction of sp³-hybridized carbons (Fsp3) is 0.214. The standard InChI is InChI=1S/C14H12F3NO2/c1-20-13-12(9(8-19)6-7-18-13)10-4-2-3-5-11(10)14(15,16)17/h2-7,19H,8H2,1H3. The molecule has 1 aromatic carbocycles. The molecule has 2 aromatic rings. The van der Waals surface area contributed by atoms with Gasteiger partial charge >= 0.3 is 6.18 Å². The molecule has 2 rings (SSSR count). The van der Waals surface area contributed by atoms with Crippen molar-refractivity contribution in [1.82, 2.24) is 4.98 Å². The molecule has 0 fully saturated rings. The summed E-state index contributed by atoms with van der Waals surface area (Å²) in [4.78, 5) is 3.90. The van der Waals surface area contributed by atoms with Crippen molar-refractivity contribution in [2.75, 3.05) is 7.11 Å². The highest BCUT2D eigenvalue weighted by Gasteiger charge is 2.34. The normalized spacial score (nSPS) is 11.4. The Labute approximate surface area is 113 Å². The molecule has 0 amide bonds. The Hall–Kier alpha value is -2.08. The summed E-state index contributed by atoms with van der Waals surface area (Å²) < 4.78 is 44.3. The minimum Gasteiger partial charge on any atom is -0.481 e. The molecule has 0 unspecified atom stereocenters. The molecule has 0 saturated carbocycles. The van der Waals surface area contributed by atoms with Crippen molar-refractivity contribution >= 4 is 0 Å². The summed E-state index contributed by atoms with van der Waals surface area (Å²) in [6, 6.07) is 6.60. The molecule has 20 heavy (non-hydrogen) atoms. The first-order chi connectivity index (χ1) is 9.49. The van der Waals surface area contributed by atoms with E-state index in [1.807, 2.05) is 0 Å². The highest BCUT2D eigenvalue weighted by molar-refractivity contribution is 5.75. The minimum absolute atomic E-state index is 0.0493. The molecule has 0 aliphatic carbocycles. The van der Waals surface area contributed by atoms with E-state index in [1.54, 1.807) is 0 Å². The number of aliphatic hydroxyl groups excluding tert-OH is 1. The van der Waals surface area contributed by atoms with E-state index in [0.717, 1.165) is 6.07 Å². The Morgan fingerprint density at radius 1 is 1.20 bits per heavy atom. The van der Waals surface area contributed by atoms with Crippen LogP contribution in [0.1, 0.15) is 11.1 Å². The van der Waals surface area contributed by atoms with Crippen LogP contribution in [0.2, 0.25) is 0 Å². The molecule has 0 aliphatic heterocycles. The molecular weight excluding hydrogens is 271 g/mol. The van der Waals surface area contributed by atoms with E-state index in [4.69, 9.17) is 4.74 Å². The number of methoxy groups -OCH3 is 1. The van der Waals surface area contributed by atoms with Crippen LogP contribution in [-0.4, -0.2) is 17.2 Å². The van der Waals surface area contributed by atoms with Crippen molar-refractivity contribution in [2.45, 2.75) is 12.8 Å². The van der Waals surface area contributed by atoms with Crippen LogP contribution in [0.5, 0.6) is 5.88 Å². The van der Waals surface area contributed by atoms with E-state index >= 15 is 0 Å². The number of benzene rings is 1. The maximum atomic E-state index is 13.1. The minimum atomic E-state index is -4.50. The van der Waals surface area contributed by atoms with Gasteiger partial charge in [0.05, 0.1) is 24.8 Å². The second kappa shape index (κ2) is 5.50. The van der Waals surface area contributed by atoms with Crippen LogP contribution in [0.3, 0.4) is 0 Å². The molecule has 1 N–H and O–H groups in total. The van der Waals surface area contributed by atoms with Crippen LogP contribution >= 0.6 is 0 Å². The Kier molecular flexibility index (Phi) is 3.94. The van der Waals surface area contributed by atoms with Crippen LogP contribution in [0.4, 0.5) is 13.2 Å². The van der Waals surface area contributed by atoms with Crippen LogP contribution < -0.4 is 4.74 Å². The first-order valence-corrected chi connectivity index (χ1v) is 5.78. The largest absolute Gasteiger partial charge is 0.481 e. The second-order valence-corrected chi connectivity index (χ2v) is 4.06. The molecule has 0 spiro atoms. The van der Waals surface area contributed by atoms with Gasteiger partial charge < -0.3 is 9.84 Å². The summed E-state index contributed by atoms with van der Waals surface area (Å²) in [7, 11) is 1.32. The van der Waals surface area contributed by atoms with Gasteiger partial charge in [-0.1, -0.05) is 18.2 Å². The van der Waals surface area contributed by atoms with E-state index in [0.29, 0.717) is 5.56 Å². The predicted octanol–water partition coefficient (Wildman–Crippen LogP) is 3.27. The first-order valence-electron chi connectivity index (χ1n) is 5.78. The van der Waals surface area contributed by atoms with E-state index in [2.05, 4.69) is 4.98 Å². The zero-order valence-electron chi connectivity index (χ0n) is 10.6. The molecule has 0 radical (unpaired) electrons. The van der Waals surface area contributed by atoms with Crippen LogP contribution in [0.15, 0.2) is 36.5 Å². The predicted molar refractivity (Wildman–Crippen MR) is 67.1 cm³/mol. The van der Waals surface area contributed by atoms with Crippen LogP contribution in [0.25, 0.3) is 11.1 Å². The third-order valence-corrected chi connectivity index (χ3v) is 2.87. The van der Waals surface area contributed by atoms with Gasteiger partial charge in [0.2, 0.25) is 5.88 Å². The lowest BCUT2D eigenvalue weighted by atomic mass is 9.96. The Balaban J connectivity index is 2.75. The maximum absolute atomic E-state index is 13.1. The number of nitrogens with zero attached hydrogens (tertiary/aromatic N) is 1. The number of halogens is 3. The lowest BCUT2D eigenvalue weighted by molar-refractivity contribution is -0.137. The third-order valence-electron chi connectivity index (χ3n) is 2.87. The number of hydrogen-bond donors (Lipinski definition) is 1. The third kappa shape index (κ3) is 2.60. The highest BCUT2D eigenvalue weighted by atomic mass is 19.4. The molecule has 0 saturated heterocycles. The number of alkyl halides is 3. The molecular formula is C14H12F3NO2. The van der Waals surface area contributed by atoms with Crippen molar-refractivity contribution < 1.29 is 23.0 Å². The van der Waals surface area contributed by atoms with Gasteiger partial charge in [0, 0.05) is 6.20 Å². The van der Waals surface area contributed by atoms with Crippen LogP contribution in [0, 0.1) is 0 Å². The zero-order chi connectivity index (χ0) is 14.8. The van der Waals surface area contributed by atoms with E-state index < -0.39 is 18.3 Å². The summed E-state index contributed by atoms with van der Waals surface area (Å²) in [6.45, 7) is -0.402. The van der Waals surface area contributed by atoms with Gasteiger partial charge in [-0.3, -0.25) is 0 Å². The van der Waals surface area contributed by atoms with E-state index in [-0.39, 0.29) is 17.0 Å². The maximum Gasteiger partial charge on any atom is 0.417 e. The molecule has 0 aliphatic rings. The zero-order valence-corrected chi connectivity index (χ0v) is 10.6. The molecule has 1 aromatic heterocycles. The average Bonchev–Trinajstić information content (AvgIpc) is 2.45. The molecule has 6 heteroatoms.